The Morgan fingerprint density at radius 1 is 1.33 bits per heavy atom. The fourth-order valence-electron chi connectivity index (χ4n) is 2.07. The van der Waals surface area contributed by atoms with Gasteiger partial charge in [-0.1, -0.05) is 11.2 Å². The zero-order chi connectivity index (χ0) is 15.8. The molecule has 112 valence electrons. The molecule has 1 aromatic heterocycles. The number of hydrogen-bond acceptors (Lipinski definition) is 3. The molecule has 3 nitrogen and oxygen atoms in total. The van der Waals surface area contributed by atoms with E-state index in [4.69, 9.17) is 16.1 Å². The largest absolute Gasteiger partial charge is 0.416 e. The molecule has 1 heterocycles. The summed E-state index contributed by atoms with van der Waals surface area (Å²) in [6.45, 7) is 3.16. The van der Waals surface area contributed by atoms with E-state index in [0.29, 0.717) is 11.5 Å². The zero-order valence-electron chi connectivity index (χ0n) is 11.2. The summed E-state index contributed by atoms with van der Waals surface area (Å²) in [6.07, 6.45) is -4.51. The second kappa shape index (κ2) is 5.52. The third-order valence-corrected chi connectivity index (χ3v) is 3.37. The van der Waals surface area contributed by atoms with Crippen molar-refractivity contribution in [1.82, 2.24) is 5.16 Å². The molecule has 0 unspecified atom stereocenters. The van der Waals surface area contributed by atoms with Crippen LogP contribution in [0.25, 0.3) is 0 Å². The summed E-state index contributed by atoms with van der Waals surface area (Å²) in [6, 6.07) is 3.15. The molecule has 1 aromatic carbocycles. The Balaban J connectivity index is 2.49. The van der Waals surface area contributed by atoms with E-state index in [0.717, 1.165) is 18.2 Å². The number of benzene rings is 1. The van der Waals surface area contributed by atoms with Crippen molar-refractivity contribution in [1.29, 1.82) is 0 Å². The van der Waals surface area contributed by atoms with Crippen LogP contribution in [0.1, 0.15) is 38.5 Å². The predicted molar refractivity (Wildman–Crippen MR) is 70.4 cm³/mol. The Labute approximate surface area is 123 Å². The zero-order valence-corrected chi connectivity index (χ0v) is 12.0. The average molecular weight is 318 g/mol. The van der Waals surface area contributed by atoms with Crippen LogP contribution < -0.4 is 0 Å². The van der Waals surface area contributed by atoms with E-state index in [1.165, 1.54) is 0 Å². The molecule has 0 atom stereocenters. The quantitative estimate of drug-likeness (QED) is 0.627. The van der Waals surface area contributed by atoms with E-state index in [1.54, 1.807) is 13.8 Å². The topological polar surface area (TPSA) is 43.1 Å². The number of halogens is 4. The fraction of sp³-hybridized carbons (Fsp3) is 0.286. The summed E-state index contributed by atoms with van der Waals surface area (Å²) in [7, 11) is 0. The van der Waals surface area contributed by atoms with Crippen LogP contribution in [0.5, 0.6) is 0 Å². The highest BCUT2D eigenvalue weighted by Crippen LogP contribution is 2.33. The molecule has 0 fully saturated rings. The summed E-state index contributed by atoms with van der Waals surface area (Å²) in [5.41, 5.74) is -0.206. The fourth-order valence-corrected chi connectivity index (χ4v) is 2.29. The van der Waals surface area contributed by atoms with Crippen LogP contribution in [-0.4, -0.2) is 10.9 Å². The van der Waals surface area contributed by atoms with Crippen molar-refractivity contribution >= 4 is 17.4 Å². The molecular weight excluding hydrogens is 307 g/mol. The maximum atomic E-state index is 12.8. The molecule has 0 bridgehead atoms. The number of aryl methyl sites for hydroxylation is 2. The van der Waals surface area contributed by atoms with Crippen molar-refractivity contribution in [2.75, 3.05) is 0 Å². The maximum absolute atomic E-state index is 12.8. The van der Waals surface area contributed by atoms with Crippen LogP contribution in [0.2, 0.25) is 0 Å². The number of nitrogens with zero attached hydrogens (tertiary/aromatic N) is 1. The molecule has 0 saturated heterocycles. The Bertz CT molecular complexity index is 673. The van der Waals surface area contributed by atoms with E-state index in [-0.39, 0.29) is 22.6 Å². The second-order valence-corrected chi connectivity index (χ2v) is 4.80. The van der Waals surface area contributed by atoms with Gasteiger partial charge in [0, 0.05) is 11.4 Å². The summed E-state index contributed by atoms with van der Waals surface area (Å²) >= 11 is 5.56. The van der Waals surface area contributed by atoms with E-state index >= 15 is 0 Å². The third-order valence-electron chi connectivity index (χ3n) is 3.08. The molecule has 0 spiro atoms. The number of aromatic nitrogens is 1. The van der Waals surface area contributed by atoms with E-state index in [1.807, 2.05) is 0 Å². The first-order valence-corrected chi connectivity index (χ1v) is 6.52. The molecule has 0 aliphatic rings. The lowest BCUT2D eigenvalue weighted by Crippen LogP contribution is -2.11. The van der Waals surface area contributed by atoms with Crippen LogP contribution in [0.4, 0.5) is 13.2 Å². The Hall–Kier alpha value is -1.82. The number of rotatable bonds is 3. The highest BCUT2D eigenvalue weighted by Gasteiger charge is 2.33. The van der Waals surface area contributed by atoms with Gasteiger partial charge < -0.3 is 4.52 Å². The van der Waals surface area contributed by atoms with Gasteiger partial charge in [0.05, 0.1) is 16.8 Å². The van der Waals surface area contributed by atoms with Gasteiger partial charge >= 0.3 is 6.18 Å². The van der Waals surface area contributed by atoms with Gasteiger partial charge in [0.15, 0.2) is 5.78 Å². The van der Waals surface area contributed by atoms with Crippen LogP contribution in [0.3, 0.4) is 0 Å². The molecular formula is C14H11ClF3NO2. The Kier molecular flexibility index (Phi) is 4.09. The number of alkyl halides is 4. The van der Waals surface area contributed by atoms with Gasteiger partial charge in [0.2, 0.25) is 0 Å². The average Bonchev–Trinajstić information content (AvgIpc) is 2.75. The third kappa shape index (κ3) is 2.95. The number of carbonyl (C=O) groups is 1. The lowest BCUT2D eigenvalue weighted by molar-refractivity contribution is -0.138. The van der Waals surface area contributed by atoms with Crippen molar-refractivity contribution in [2.45, 2.75) is 25.9 Å². The Morgan fingerprint density at radius 3 is 2.48 bits per heavy atom. The highest BCUT2D eigenvalue weighted by molar-refractivity contribution is 6.17. The SMILES string of the molecule is Cc1noc(C)c1C(=O)c1ccc(C(F)(F)F)c(CCl)c1. The lowest BCUT2D eigenvalue weighted by Gasteiger charge is -2.12. The van der Waals surface area contributed by atoms with Gasteiger partial charge in [0.25, 0.3) is 0 Å². The molecule has 0 saturated carbocycles. The van der Waals surface area contributed by atoms with Crippen molar-refractivity contribution in [3.05, 3.63) is 51.9 Å². The standard InChI is InChI=1S/C14H11ClF3NO2/c1-7-12(8(2)21-19-7)13(20)9-3-4-11(14(16,17)18)10(5-9)6-15/h3-5H,6H2,1-2H3. The smallest absolute Gasteiger partial charge is 0.361 e. The highest BCUT2D eigenvalue weighted by atomic mass is 35.5. The minimum absolute atomic E-state index is 0.119. The van der Waals surface area contributed by atoms with Crippen molar-refractivity contribution < 1.29 is 22.5 Å². The predicted octanol–water partition coefficient (Wildman–Crippen LogP) is 4.28. The molecule has 21 heavy (non-hydrogen) atoms. The molecule has 2 rings (SSSR count). The van der Waals surface area contributed by atoms with Crippen LogP contribution in [-0.2, 0) is 12.1 Å². The van der Waals surface area contributed by atoms with Crippen molar-refractivity contribution in [3.63, 3.8) is 0 Å². The van der Waals surface area contributed by atoms with Gasteiger partial charge in [-0.05, 0) is 31.5 Å². The number of hydrogen-bond donors (Lipinski definition) is 0. The van der Waals surface area contributed by atoms with Gasteiger partial charge in [-0.15, -0.1) is 11.6 Å². The number of carbonyl (C=O) groups excluding carboxylic acids is 1. The van der Waals surface area contributed by atoms with Gasteiger partial charge in [0.1, 0.15) is 5.76 Å². The van der Waals surface area contributed by atoms with Crippen LogP contribution in [0.15, 0.2) is 22.7 Å². The maximum Gasteiger partial charge on any atom is 0.416 e. The monoisotopic (exact) mass is 317 g/mol. The first-order valence-electron chi connectivity index (χ1n) is 5.99. The first kappa shape index (κ1) is 15.6. The van der Waals surface area contributed by atoms with Gasteiger partial charge in [-0.3, -0.25) is 4.79 Å². The summed E-state index contributed by atoms with van der Waals surface area (Å²) in [5.74, 6) is -0.450. The van der Waals surface area contributed by atoms with Crippen molar-refractivity contribution in [3.8, 4) is 0 Å². The number of ketones is 1. The molecule has 0 aliphatic heterocycles. The molecule has 0 N–H and O–H groups in total. The summed E-state index contributed by atoms with van der Waals surface area (Å²) in [5, 5.41) is 3.66. The molecule has 0 amide bonds. The second-order valence-electron chi connectivity index (χ2n) is 4.53. The van der Waals surface area contributed by atoms with Gasteiger partial charge in [-0.2, -0.15) is 13.2 Å². The van der Waals surface area contributed by atoms with Crippen LogP contribution in [0, 0.1) is 13.8 Å². The Morgan fingerprint density at radius 2 is 2.00 bits per heavy atom. The summed E-state index contributed by atoms with van der Waals surface area (Å²) < 4.78 is 43.3. The minimum Gasteiger partial charge on any atom is -0.361 e. The normalized spacial score (nSPS) is 11.7. The van der Waals surface area contributed by atoms with Crippen molar-refractivity contribution in [2.24, 2.45) is 0 Å². The molecule has 2 aromatic rings. The molecule has 0 radical (unpaired) electrons. The van der Waals surface area contributed by atoms with E-state index in [2.05, 4.69) is 5.16 Å². The van der Waals surface area contributed by atoms with Crippen LogP contribution >= 0.6 is 11.6 Å². The van der Waals surface area contributed by atoms with E-state index < -0.39 is 17.5 Å². The first-order chi connectivity index (χ1) is 9.75. The van der Waals surface area contributed by atoms with Gasteiger partial charge in [-0.25, -0.2) is 0 Å². The molecule has 0 aliphatic carbocycles. The minimum atomic E-state index is -4.51. The van der Waals surface area contributed by atoms with E-state index in [9.17, 15) is 18.0 Å². The lowest BCUT2D eigenvalue weighted by atomic mass is 9.97. The summed E-state index contributed by atoms with van der Waals surface area (Å²) in [4.78, 5) is 12.4. The molecule has 7 heteroatoms.